The van der Waals surface area contributed by atoms with E-state index in [9.17, 15) is 20.1 Å². The first-order chi connectivity index (χ1) is 17.0. The SMILES string of the molecule is Cc1cc(Nc2nccc([C@@H](O)C3CC3)n2)cc(-c2cnc([C@@]3(O)CC[C@H](C(=O)O)C(C)(C)C3)s2)c1. The molecule has 2 aromatic heterocycles. The normalized spacial score (nSPS) is 24.3. The van der Waals surface area contributed by atoms with Gasteiger partial charge in [0.15, 0.2) is 0 Å². The van der Waals surface area contributed by atoms with Crippen LogP contribution >= 0.6 is 11.3 Å². The number of hydrogen-bond donors (Lipinski definition) is 4. The molecule has 0 amide bonds. The van der Waals surface area contributed by atoms with Gasteiger partial charge in [-0.25, -0.2) is 15.0 Å². The van der Waals surface area contributed by atoms with E-state index in [2.05, 4.69) is 26.3 Å². The number of aliphatic hydroxyl groups is 2. The third kappa shape index (κ3) is 5.00. The van der Waals surface area contributed by atoms with Crippen LogP contribution < -0.4 is 5.32 Å². The molecule has 36 heavy (non-hydrogen) atoms. The Labute approximate surface area is 214 Å². The van der Waals surface area contributed by atoms with Crippen LogP contribution in [0.15, 0.2) is 36.7 Å². The average molecular weight is 509 g/mol. The van der Waals surface area contributed by atoms with Gasteiger partial charge >= 0.3 is 5.97 Å². The van der Waals surface area contributed by atoms with E-state index in [4.69, 9.17) is 0 Å². The number of thiazole rings is 1. The number of aliphatic hydroxyl groups excluding tert-OH is 1. The van der Waals surface area contributed by atoms with E-state index in [0.717, 1.165) is 34.5 Å². The summed E-state index contributed by atoms with van der Waals surface area (Å²) in [4.78, 5) is 26.0. The van der Waals surface area contributed by atoms with Crippen LogP contribution in [-0.4, -0.2) is 36.2 Å². The Bertz CT molecular complexity index is 1290. The van der Waals surface area contributed by atoms with Gasteiger partial charge in [0, 0.05) is 18.1 Å². The van der Waals surface area contributed by atoms with E-state index in [0.29, 0.717) is 41.8 Å². The number of carbonyl (C=O) groups is 1. The highest BCUT2D eigenvalue weighted by atomic mass is 32.1. The van der Waals surface area contributed by atoms with E-state index < -0.39 is 29.0 Å². The fourth-order valence-corrected chi connectivity index (χ4v) is 6.40. The van der Waals surface area contributed by atoms with E-state index in [1.165, 1.54) is 11.3 Å². The zero-order valence-electron chi connectivity index (χ0n) is 20.7. The number of carboxylic acids is 1. The third-order valence-corrected chi connectivity index (χ3v) is 8.65. The number of benzene rings is 1. The van der Waals surface area contributed by atoms with Crippen LogP contribution in [0.25, 0.3) is 10.4 Å². The molecule has 5 rings (SSSR count). The topological polar surface area (TPSA) is 128 Å². The molecule has 2 fully saturated rings. The summed E-state index contributed by atoms with van der Waals surface area (Å²) in [6.45, 7) is 5.82. The minimum Gasteiger partial charge on any atom is -0.481 e. The average Bonchev–Trinajstić information content (AvgIpc) is 3.52. The minimum atomic E-state index is -1.14. The lowest BCUT2D eigenvalue weighted by Gasteiger charge is -2.44. The number of anilines is 2. The quantitative estimate of drug-likeness (QED) is 0.343. The van der Waals surface area contributed by atoms with Crippen LogP contribution in [0.3, 0.4) is 0 Å². The lowest BCUT2D eigenvalue weighted by atomic mass is 9.63. The van der Waals surface area contributed by atoms with Crippen LogP contribution in [0.4, 0.5) is 11.6 Å². The molecule has 190 valence electrons. The number of rotatable bonds is 7. The Morgan fingerprint density at radius 1 is 1.19 bits per heavy atom. The molecule has 0 bridgehead atoms. The van der Waals surface area contributed by atoms with Crippen molar-refractivity contribution in [1.82, 2.24) is 15.0 Å². The number of aryl methyl sites for hydroxylation is 1. The molecule has 0 saturated heterocycles. The molecule has 3 aromatic rings. The van der Waals surface area contributed by atoms with Crippen LogP contribution in [-0.2, 0) is 10.4 Å². The Kier molecular flexibility index (Phi) is 6.34. The van der Waals surface area contributed by atoms with Gasteiger partial charge in [-0.15, -0.1) is 11.3 Å². The second kappa shape index (κ2) is 9.21. The van der Waals surface area contributed by atoms with Gasteiger partial charge in [0.1, 0.15) is 10.6 Å². The predicted molar refractivity (Wildman–Crippen MR) is 138 cm³/mol. The maximum Gasteiger partial charge on any atom is 0.307 e. The molecular weight excluding hydrogens is 476 g/mol. The van der Waals surface area contributed by atoms with Crippen LogP contribution in [0.1, 0.15) is 68.3 Å². The summed E-state index contributed by atoms with van der Waals surface area (Å²) in [6.07, 6.45) is 6.07. The van der Waals surface area contributed by atoms with Crippen molar-refractivity contribution in [3.8, 4) is 10.4 Å². The summed E-state index contributed by atoms with van der Waals surface area (Å²) in [5, 5.41) is 35.3. The molecule has 0 aliphatic heterocycles. The number of carboxylic acid groups (broad SMARTS) is 1. The molecule has 3 atom stereocenters. The maximum atomic E-state index is 11.7. The molecule has 2 aliphatic rings. The standard InChI is InChI=1S/C27H32N4O4S/c1-15-10-17(12-18(11-15)30-25-28-9-7-20(31-25)22(32)16-4-5-16)21-13-29-24(36-21)27(35)8-6-19(23(33)34)26(2,3)14-27/h7,9-13,16,19,22,32,35H,4-6,8,14H2,1-3H3,(H,33,34)(H,28,30,31)/t19-,22+,27-/m1/s1. The molecular formula is C27H32N4O4S. The number of aliphatic carboxylic acids is 1. The largest absolute Gasteiger partial charge is 0.481 e. The number of nitrogens with one attached hydrogen (secondary N) is 1. The smallest absolute Gasteiger partial charge is 0.307 e. The summed E-state index contributed by atoms with van der Waals surface area (Å²) in [5.41, 5.74) is 1.77. The van der Waals surface area contributed by atoms with Crippen molar-refractivity contribution in [1.29, 1.82) is 0 Å². The van der Waals surface area contributed by atoms with E-state index >= 15 is 0 Å². The Hall–Kier alpha value is -2.88. The molecule has 2 heterocycles. The highest BCUT2D eigenvalue weighted by Gasteiger charge is 2.49. The molecule has 0 radical (unpaired) electrons. The molecule has 2 saturated carbocycles. The summed E-state index contributed by atoms with van der Waals surface area (Å²) in [5.74, 6) is -0.564. The molecule has 4 N–H and O–H groups in total. The summed E-state index contributed by atoms with van der Waals surface area (Å²) >= 11 is 1.44. The Morgan fingerprint density at radius 2 is 1.97 bits per heavy atom. The first-order valence-corrected chi connectivity index (χ1v) is 13.2. The van der Waals surface area contributed by atoms with Gasteiger partial charge in [-0.2, -0.15) is 0 Å². The third-order valence-electron chi connectivity index (χ3n) is 7.41. The van der Waals surface area contributed by atoms with Gasteiger partial charge in [0.05, 0.1) is 22.6 Å². The van der Waals surface area contributed by atoms with Crippen molar-refractivity contribution in [2.24, 2.45) is 17.3 Å². The fourth-order valence-electron chi connectivity index (χ4n) is 5.38. The number of aromatic nitrogens is 3. The second-order valence-electron chi connectivity index (χ2n) is 11.0. The van der Waals surface area contributed by atoms with E-state index in [1.807, 2.05) is 32.9 Å². The molecule has 2 aliphatic carbocycles. The molecule has 0 spiro atoms. The van der Waals surface area contributed by atoms with E-state index in [1.54, 1.807) is 18.5 Å². The van der Waals surface area contributed by atoms with Gasteiger partial charge < -0.3 is 20.6 Å². The highest BCUT2D eigenvalue weighted by Crippen LogP contribution is 2.51. The van der Waals surface area contributed by atoms with Gasteiger partial charge in [-0.3, -0.25) is 4.79 Å². The minimum absolute atomic E-state index is 0.290. The highest BCUT2D eigenvalue weighted by molar-refractivity contribution is 7.15. The lowest BCUT2D eigenvalue weighted by molar-refractivity contribution is -0.154. The van der Waals surface area contributed by atoms with Crippen LogP contribution in [0.5, 0.6) is 0 Å². The number of hydrogen-bond acceptors (Lipinski definition) is 8. The Balaban J connectivity index is 1.37. The van der Waals surface area contributed by atoms with Crippen LogP contribution in [0.2, 0.25) is 0 Å². The first kappa shape index (κ1) is 24.8. The zero-order valence-corrected chi connectivity index (χ0v) is 21.5. The van der Waals surface area contributed by atoms with Crippen molar-refractivity contribution >= 4 is 28.9 Å². The molecule has 1 aromatic carbocycles. The van der Waals surface area contributed by atoms with E-state index in [-0.39, 0.29) is 0 Å². The fraction of sp³-hybridized carbons (Fsp3) is 0.481. The predicted octanol–water partition coefficient (Wildman–Crippen LogP) is 5.19. The monoisotopic (exact) mass is 508 g/mol. The summed E-state index contributed by atoms with van der Waals surface area (Å²) in [7, 11) is 0. The van der Waals surface area contributed by atoms with Crippen LogP contribution in [0, 0.1) is 24.2 Å². The van der Waals surface area contributed by atoms with Crippen molar-refractivity contribution in [2.75, 3.05) is 5.32 Å². The van der Waals surface area contributed by atoms with Crippen molar-refractivity contribution in [3.63, 3.8) is 0 Å². The summed E-state index contributed by atoms with van der Waals surface area (Å²) < 4.78 is 0. The van der Waals surface area contributed by atoms with Crippen molar-refractivity contribution in [3.05, 3.63) is 52.9 Å². The van der Waals surface area contributed by atoms with Crippen molar-refractivity contribution < 1.29 is 20.1 Å². The number of nitrogens with zero attached hydrogens (tertiary/aromatic N) is 3. The molecule has 0 unspecified atom stereocenters. The summed E-state index contributed by atoms with van der Waals surface area (Å²) in [6, 6.07) is 7.81. The molecule has 8 nitrogen and oxygen atoms in total. The zero-order chi connectivity index (χ0) is 25.7. The first-order valence-electron chi connectivity index (χ1n) is 12.4. The van der Waals surface area contributed by atoms with Gasteiger partial charge in [-0.1, -0.05) is 19.9 Å². The van der Waals surface area contributed by atoms with Gasteiger partial charge in [-0.05, 0) is 79.7 Å². The lowest BCUT2D eigenvalue weighted by Crippen LogP contribution is -2.44. The van der Waals surface area contributed by atoms with Gasteiger partial charge in [0.2, 0.25) is 5.95 Å². The second-order valence-corrected chi connectivity index (χ2v) is 12.0. The van der Waals surface area contributed by atoms with Gasteiger partial charge in [0.25, 0.3) is 0 Å². The molecule has 9 heteroatoms. The maximum absolute atomic E-state index is 11.7. The Morgan fingerprint density at radius 3 is 2.67 bits per heavy atom. The van der Waals surface area contributed by atoms with Crippen molar-refractivity contribution in [2.45, 2.75) is 64.6 Å².